The lowest BCUT2D eigenvalue weighted by Gasteiger charge is -2.25. The minimum Gasteiger partial charge on any atom is -0.497 e. The van der Waals surface area contributed by atoms with E-state index in [2.05, 4.69) is 5.32 Å². The number of ether oxygens (including phenoxy) is 1. The largest absolute Gasteiger partial charge is 0.497 e. The average molecular weight is 511 g/mol. The van der Waals surface area contributed by atoms with Gasteiger partial charge in [0.15, 0.2) is 0 Å². The lowest BCUT2D eigenvalue weighted by molar-refractivity contribution is -0.128. The molecule has 0 atom stereocenters. The number of benzene rings is 4. The van der Waals surface area contributed by atoms with Crippen molar-refractivity contribution in [1.29, 1.82) is 0 Å². The molecule has 6 heteroatoms. The molecule has 1 N–H and O–H groups in total. The molecule has 37 heavy (non-hydrogen) atoms. The maximum absolute atomic E-state index is 14.0. The summed E-state index contributed by atoms with van der Waals surface area (Å²) >= 11 is 6.26. The molecule has 0 radical (unpaired) electrons. The molecule has 0 saturated heterocycles. The van der Waals surface area contributed by atoms with E-state index >= 15 is 0 Å². The van der Waals surface area contributed by atoms with Crippen molar-refractivity contribution in [2.75, 3.05) is 7.11 Å². The highest BCUT2D eigenvalue weighted by Gasteiger charge is 2.22. The van der Waals surface area contributed by atoms with Crippen molar-refractivity contribution in [3.63, 3.8) is 0 Å². The molecule has 0 aliphatic rings. The Morgan fingerprint density at radius 2 is 1.32 bits per heavy atom. The number of nitrogens with one attached hydrogen (secondary N) is 1. The summed E-state index contributed by atoms with van der Waals surface area (Å²) in [7, 11) is 1.59. The second kappa shape index (κ2) is 12.6. The molecule has 0 heterocycles. The Hall–Kier alpha value is -4.35. The summed E-state index contributed by atoms with van der Waals surface area (Å²) in [6, 6.07) is 33.5. The molecule has 4 aromatic carbocycles. The Balaban J connectivity index is 1.70. The standard InChI is InChI=1S/C31H27ClN2O3/c1-37-26-18-16-23(17-19-26)20-29(33-30(35)27-14-8-9-15-28(27)32)31(36)34(21-24-10-4-2-5-11-24)22-25-12-6-3-7-13-25/h2-20H,21-22H2,1H3,(H,33,35)/b29-20+. The molecule has 0 unspecified atom stereocenters. The van der Waals surface area contributed by atoms with E-state index < -0.39 is 5.91 Å². The Morgan fingerprint density at radius 1 is 0.784 bits per heavy atom. The Labute approximate surface area is 222 Å². The predicted octanol–water partition coefficient (Wildman–Crippen LogP) is 6.35. The normalized spacial score (nSPS) is 11.0. The van der Waals surface area contributed by atoms with Crippen LogP contribution < -0.4 is 10.1 Å². The van der Waals surface area contributed by atoms with Crippen LogP contribution in [0.4, 0.5) is 0 Å². The Bertz CT molecular complexity index is 1330. The number of carbonyl (C=O) groups excluding carboxylic acids is 2. The fourth-order valence-corrected chi connectivity index (χ4v) is 4.05. The molecular weight excluding hydrogens is 484 g/mol. The van der Waals surface area contributed by atoms with E-state index in [1.54, 1.807) is 54.5 Å². The molecule has 2 amide bonds. The van der Waals surface area contributed by atoms with Crippen LogP contribution in [-0.4, -0.2) is 23.8 Å². The molecule has 186 valence electrons. The smallest absolute Gasteiger partial charge is 0.270 e. The number of nitrogens with zero attached hydrogens (tertiary/aromatic N) is 1. The van der Waals surface area contributed by atoms with Crippen LogP contribution in [0.2, 0.25) is 5.02 Å². The number of halogens is 1. The zero-order valence-electron chi connectivity index (χ0n) is 20.4. The maximum Gasteiger partial charge on any atom is 0.270 e. The summed E-state index contributed by atoms with van der Waals surface area (Å²) in [5.41, 5.74) is 3.13. The van der Waals surface area contributed by atoms with Gasteiger partial charge < -0.3 is 15.0 Å². The van der Waals surface area contributed by atoms with Crippen molar-refractivity contribution in [2.24, 2.45) is 0 Å². The van der Waals surface area contributed by atoms with Gasteiger partial charge in [0, 0.05) is 13.1 Å². The summed E-state index contributed by atoms with van der Waals surface area (Å²) < 4.78 is 5.25. The number of hydrogen-bond donors (Lipinski definition) is 1. The third-order valence-corrected chi connectivity index (χ3v) is 6.07. The SMILES string of the molecule is COc1ccc(/C=C(/NC(=O)c2ccccc2Cl)C(=O)N(Cc2ccccc2)Cc2ccccc2)cc1. The second-order valence-electron chi connectivity index (χ2n) is 8.40. The minimum atomic E-state index is -0.460. The lowest BCUT2D eigenvalue weighted by atomic mass is 10.1. The number of methoxy groups -OCH3 is 1. The van der Waals surface area contributed by atoms with Crippen LogP contribution in [-0.2, 0) is 17.9 Å². The molecule has 0 spiro atoms. The third kappa shape index (κ3) is 7.09. The molecule has 0 aliphatic heterocycles. The van der Waals surface area contributed by atoms with Crippen LogP contribution in [0.25, 0.3) is 6.08 Å². The van der Waals surface area contributed by atoms with Gasteiger partial charge >= 0.3 is 0 Å². The first kappa shape index (κ1) is 25.7. The quantitative estimate of drug-likeness (QED) is 0.267. The monoisotopic (exact) mass is 510 g/mol. The van der Waals surface area contributed by atoms with Crippen molar-refractivity contribution < 1.29 is 14.3 Å². The van der Waals surface area contributed by atoms with Gasteiger partial charge in [-0.15, -0.1) is 0 Å². The highest BCUT2D eigenvalue weighted by atomic mass is 35.5. The van der Waals surface area contributed by atoms with Crippen molar-refractivity contribution in [3.8, 4) is 5.75 Å². The molecular formula is C31H27ClN2O3. The van der Waals surface area contributed by atoms with E-state index in [4.69, 9.17) is 16.3 Å². The topological polar surface area (TPSA) is 58.6 Å². The van der Waals surface area contributed by atoms with Crippen LogP contribution in [0.15, 0.2) is 115 Å². The van der Waals surface area contributed by atoms with Crippen LogP contribution in [0.3, 0.4) is 0 Å². The van der Waals surface area contributed by atoms with Gasteiger partial charge in [-0.2, -0.15) is 0 Å². The first-order valence-electron chi connectivity index (χ1n) is 11.8. The number of carbonyl (C=O) groups is 2. The van der Waals surface area contributed by atoms with Gasteiger partial charge in [0.05, 0.1) is 17.7 Å². The first-order valence-corrected chi connectivity index (χ1v) is 12.2. The number of hydrogen-bond acceptors (Lipinski definition) is 3. The van der Waals surface area contributed by atoms with Crippen molar-refractivity contribution in [2.45, 2.75) is 13.1 Å². The third-order valence-electron chi connectivity index (χ3n) is 5.74. The van der Waals surface area contributed by atoms with Crippen LogP contribution >= 0.6 is 11.6 Å². The molecule has 0 aliphatic carbocycles. The lowest BCUT2D eigenvalue weighted by Crippen LogP contribution is -2.38. The van der Waals surface area contributed by atoms with E-state index in [0.717, 1.165) is 16.7 Å². The maximum atomic E-state index is 14.0. The second-order valence-corrected chi connectivity index (χ2v) is 8.80. The summed E-state index contributed by atoms with van der Waals surface area (Å²) in [6.45, 7) is 0.743. The van der Waals surface area contributed by atoms with Gasteiger partial charge in [0.2, 0.25) is 0 Å². The van der Waals surface area contributed by atoms with Gasteiger partial charge in [-0.3, -0.25) is 9.59 Å². The fourth-order valence-electron chi connectivity index (χ4n) is 3.83. The Morgan fingerprint density at radius 3 is 1.86 bits per heavy atom. The highest BCUT2D eigenvalue weighted by Crippen LogP contribution is 2.19. The number of amides is 2. The van der Waals surface area contributed by atoms with Crippen LogP contribution in [0.1, 0.15) is 27.0 Å². The minimum absolute atomic E-state index is 0.141. The molecule has 0 saturated carbocycles. The van der Waals surface area contributed by atoms with Gasteiger partial charge in [-0.1, -0.05) is 96.5 Å². The van der Waals surface area contributed by atoms with Crippen molar-refractivity contribution in [1.82, 2.24) is 10.2 Å². The first-order chi connectivity index (χ1) is 18.0. The zero-order valence-corrected chi connectivity index (χ0v) is 21.2. The summed E-state index contributed by atoms with van der Waals surface area (Å²) in [5, 5.41) is 3.13. The fraction of sp³-hybridized carbons (Fsp3) is 0.0968. The van der Waals surface area contributed by atoms with Crippen LogP contribution in [0, 0.1) is 0 Å². The van der Waals surface area contributed by atoms with E-state index in [-0.39, 0.29) is 17.2 Å². The van der Waals surface area contributed by atoms with Gasteiger partial charge in [-0.25, -0.2) is 0 Å². The van der Waals surface area contributed by atoms with Crippen molar-refractivity contribution >= 4 is 29.5 Å². The van der Waals surface area contributed by atoms with E-state index in [9.17, 15) is 9.59 Å². The van der Waals surface area contributed by atoms with Gasteiger partial charge in [0.1, 0.15) is 11.4 Å². The summed E-state index contributed by atoms with van der Waals surface area (Å²) in [5.74, 6) is -0.0816. The predicted molar refractivity (Wildman–Crippen MR) is 147 cm³/mol. The molecule has 0 fully saturated rings. The zero-order chi connectivity index (χ0) is 26.0. The van der Waals surface area contributed by atoms with Crippen molar-refractivity contribution in [3.05, 3.63) is 142 Å². The molecule has 0 bridgehead atoms. The Kier molecular flexibility index (Phi) is 8.74. The van der Waals surface area contributed by atoms with E-state index in [1.165, 1.54) is 0 Å². The summed E-state index contributed by atoms with van der Waals surface area (Å²) in [4.78, 5) is 28.9. The highest BCUT2D eigenvalue weighted by molar-refractivity contribution is 6.34. The average Bonchev–Trinajstić information content (AvgIpc) is 2.93. The van der Waals surface area contributed by atoms with Gasteiger partial charge in [0.25, 0.3) is 11.8 Å². The van der Waals surface area contributed by atoms with E-state index in [0.29, 0.717) is 23.9 Å². The van der Waals surface area contributed by atoms with E-state index in [1.807, 2.05) is 72.8 Å². The molecule has 4 rings (SSSR count). The summed E-state index contributed by atoms with van der Waals surface area (Å²) in [6.07, 6.45) is 1.67. The molecule has 0 aromatic heterocycles. The van der Waals surface area contributed by atoms with Crippen LogP contribution in [0.5, 0.6) is 5.75 Å². The number of rotatable bonds is 9. The molecule has 5 nitrogen and oxygen atoms in total. The van der Waals surface area contributed by atoms with Gasteiger partial charge in [-0.05, 0) is 47.0 Å². The molecule has 4 aromatic rings.